The Labute approximate surface area is 159 Å². The van der Waals surface area contributed by atoms with E-state index in [1.54, 1.807) is 18.4 Å². The molecule has 0 aromatic carbocycles. The summed E-state index contributed by atoms with van der Waals surface area (Å²) >= 11 is 1.71. The normalized spacial score (nSPS) is 24.9. The number of hydrogen-bond acceptors (Lipinski definition) is 5. The van der Waals surface area contributed by atoms with Gasteiger partial charge >= 0.3 is 0 Å². The second-order valence-electron chi connectivity index (χ2n) is 5.92. The second-order valence-corrected chi connectivity index (χ2v) is 7.24. The number of nitrogens with zero attached hydrogens (tertiary/aromatic N) is 3. The summed E-state index contributed by atoms with van der Waals surface area (Å²) in [5.41, 5.74) is 0. The maximum atomic E-state index is 5.96. The van der Waals surface area contributed by atoms with Crippen molar-refractivity contribution in [2.75, 3.05) is 33.3 Å². The van der Waals surface area contributed by atoms with Crippen LogP contribution < -0.4 is 10.6 Å². The molecule has 23 heavy (non-hydrogen) atoms. The van der Waals surface area contributed by atoms with E-state index in [0.29, 0.717) is 12.6 Å². The molecule has 130 valence electrons. The molecule has 3 heterocycles. The highest BCUT2D eigenvalue weighted by atomic mass is 127. The molecular weight excluding hydrogens is 425 g/mol. The summed E-state index contributed by atoms with van der Waals surface area (Å²) in [6.07, 6.45) is 4.75. The minimum atomic E-state index is 0. The van der Waals surface area contributed by atoms with E-state index in [1.165, 1.54) is 24.3 Å². The molecule has 0 amide bonds. The quantitative estimate of drug-likeness (QED) is 0.414. The standard InChI is InChI=1S/C15H25N5OS.HI/c1-11-6-17-14(22-11)8-19-15(16-2)18-7-13-9-20-5-3-4-12(20)10-21-13;/h6,12-13H,3-5,7-10H2,1-2H3,(H2,16,18,19);1H. The van der Waals surface area contributed by atoms with Crippen LogP contribution in [0.2, 0.25) is 0 Å². The van der Waals surface area contributed by atoms with Crippen LogP contribution in [0.25, 0.3) is 0 Å². The van der Waals surface area contributed by atoms with Crippen molar-refractivity contribution in [3.05, 3.63) is 16.1 Å². The molecule has 0 saturated carbocycles. The van der Waals surface area contributed by atoms with E-state index in [4.69, 9.17) is 4.74 Å². The lowest BCUT2D eigenvalue weighted by molar-refractivity contribution is -0.0453. The van der Waals surface area contributed by atoms with E-state index in [1.807, 2.05) is 6.20 Å². The highest BCUT2D eigenvalue weighted by Crippen LogP contribution is 2.22. The van der Waals surface area contributed by atoms with Gasteiger partial charge in [0.15, 0.2) is 5.96 Å². The van der Waals surface area contributed by atoms with Gasteiger partial charge in [0, 0.05) is 37.3 Å². The van der Waals surface area contributed by atoms with E-state index in [9.17, 15) is 0 Å². The smallest absolute Gasteiger partial charge is 0.191 e. The topological polar surface area (TPSA) is 61.8 Å². The van der Waals surface area contributed by atoms with E-state index in [2.05, 4.69) is 32.4 Å². The van der Waals surface area contributed by atoms with Crippen LogP contribution in [-0.4, -0.2) is 61.3 Å². The SMILES string of the molecule is CN=C(NCc1ncc(C)s1)NCC1CN2CCCC2CO1.I. The average Bonchev–Trinajstić information content (AvgIpc) is 3.15. The number of ether oxygens (including phenoxy) is 1. The molecule has 2 saturated heterocycles. The third-order valence-electron chi connectivity index (χ3n) is 4.26. The first-order chi connectivity index (χ1) is 10.7. The largest absolute Gasteiger partial charge is 0.373 e. The number of fused-ring (bicyclic) bond motifs is 1. The summed E-state index contributed by atoms with van der Waals surface area (Å²) in [5.74, 6) is 0.806. The van der Waals surface area contributed by atoms with Gasteiger partial charge in [-0.2, -0.15) is 0 Å². The summed E-state index contributed by atoms with van der Waals surface area (Å²) in [6.45, 7) is 6.69. The van der Waals surface area contributed by atoms with Crippen molar-refractivity contribution in [2.24, 2.45) is 4.99 Å². The highest BCUT2D eigenvalue weighted by Gasteiger charge is 2.32. The third-order valence-corrected chi connectivity index (χ3v) is 5.17. The molecule has 1 aromatic heterocycles. The van der Waals surface area contributed by atoms with Crippen molar-refractivity contribution in [1.29, 1.82) is 0 Å². The maximum absolute atomic E-state index is 5.96. The van der Waals surface area contributed by atoms with E-state index < -0.39 is 0 Å². The van der Waals surface area contributed by atoms with Gasteiger partial charge in [-0.3, -0.25) is 9.89 Å². The fourth-order valence-electron chi connectivity index (χ4n) is 3.08. The Kier molecular flexibility index (Phi) is 7.51. The van der Waals surface area contributed by atoms with Crippen LogP contribution in [0.1, 0.15) is 22.7 Å². The molecule has 0 aliphatic carbocycles. The Morgan fingerprint density at radius 2 is 2.39 bits per heavy atom. The fraction of sp³-hybridized carbons (Fsp3) is 0.733. The van der Waals surface area contributed by atoms with Crippen LogP contribution in [0.5, 0.6) is 0 Å². The number of aliphatic imine (C=N–C) groups is 1. The fourth-order valence-corrected chi connectivity index (χ4v) is 3.81. The number of aryl methyl sites for hydroxylation is 1. The number of hydrogen-bond donors (Lipinski definition) is 2. The Morgan fingerprint density at radius 1 is 1.52 bits per heavy atom. The minimum Gasteiger partial charge on any atom is -0.373 e. The van der Waals surface area contributed by atoms with Gasteiger partial charge in [0.2, 0.25) is 0 Å². The number of aromatic nitrogens is 1. The van der Waals surface area contributed by atoms with Gasteiger partial charge < -0.3 is 15.4 Å². The Hall–Kier alpha value is -0.450. The van der Waals surface area contributed by atoms with Crippen LogP contribution in [0.15, 0.2) is 11.2 Å². The second kappa shape index (κ2) is 9.14. The van der Waals surface area contributed by atoms with Gasteiger partial charge in [-0.05, 0) is 26.3 Å². The minimum absolute atomic E-state index is 0. The van der Waals surface area contributed by atoms with Crippen LogP contribution in [0.3, 0.4) is 0 Å². The van der Waals surface area contributed by atoms with Crippen molar-refractivity contribution in [3.8, 4) is 0 Å². The lowest BCUT2D eigenvalue weighted by Gasteiger charge is -2.35. The molecule has 0 radical (unpaired) electrons. The molecule has 2 unspecified atom stereocenters. The van der Waals surface area contributed by atoms with E-state index >= 15 is 0 Å². The Bertz CT molecular complexity index is 524. The van der Waals surface area contributed by atoms with Crippen LogP contribution in [0, 0.1) is 6.92 Å². The summed E-state index contributed by atoms with van der Waals surface area (Å²) in [7, 11) is 1.79. The van der Waals surface area contributed by atoms with Gasteiger partial charge in [-0.25, -0.2) is 4.98 Å². The van der Waals surface area contributed by atoms with Gasteiger partial charge in [-0.15, -0.1) is 35.3 Å². The third kappa shape index (κ3) is 5.27. The molecule has 2 N–H and O–H groups in total. The molecule has 2 fully saturated rings. The number of thiazole rings is 1. The number of nitrogens with one attached hydrogen (secondary N) is 2. The Morgan fingerprint density at radius 3 is 3.13 bits per heavy atom. The van der Waals surface area contributed by atoms with E-state index in [0.717, 1.165) is 30.7 Å². The first-order valence-corrected chi connectivity index (χ1v) is 8.77. The molecule has 0 spiro atoms. The van der Waals surface area contributed by atoms with Crippen molar-refractivity contribution in [2.45, 2.75) is 38.5 Å². The monoisotopic (exact) mass is 451 g/mol. The summed E-state index contributed by atoms with van der Waals surface area (Å²) in [6, 6.07) is 0.654. The number of halogens is 1. The highest BCUT2D eigenvalue weighted by molar-refractivity contribution is 14.0. The molecule has 2 atom stereocenters. The number of morpholine rings is 1. The zero-order valence-corrected chi connectivity index (χ0v) is 16.9. The molecule has 2 aliphatic heterocycles. The number of guanidine groups is 1. The Balaban J connectivity index is 0.00000192. The molecular formula is C15H26IN5OS. The van der Waals surface area contributed by atoms with Gasteiger partial charge in [0.1, 0.15) is 5.01 Å². The zero-order valence-electron chi connectivity index (χ0n) is 13.7. The number of rotatable bonds is 4. The molecule has 1 aromatic rings. The van der Waals surface area contributed by atoms with Crippen molar-refractivity contribution < 1.29 is 4.74 Å². The van der Waals surface area contributed by atoms with Gasteiger partial charge in [-0.1, -0.05) is 0 Å². The van der Waals surface area contributed by atoms with Crippen molar-refractivity contribution in [3.63, 3.8) is 0 Å². The van der Waals surface area contributed by atoms with Gasteiger partial charge in [0.25, 0.3) is 0 Å². The average molecular weight is 451 g/mol. The predicted octanol–water partition coefficient (Wildman–Crippen LogP) is 1.60. The molecule has 8 heteroatoms. The summed E-state index contributed by atoms with van der Waals surface area (Å²) in [5, 5.41) is 7.74. The van der Waals surface area contributed by atoms with Crippen molar-refractivity contribution in [1.82, 2.24) is 20.5 Å². The summed E-state index contributed by atoms with van der Waals surface area (Å²) < 4.78 is 5.96. The lowest BCUT2D eigenvalue weighted by atomic mass is 10.2. The first kappa shape index (κ1) is 18.9. The van der Waals surface area contributed by atoms with Gasteiger partial charge in [0.05, 0.1) is 19.3 Å². The van der Waals surface area contributed by atoms with Crippen LogP contribution >= 0.6 is 35.3 Å². The van der Waals surface area contributed by atoms with Crippen LogP contribution in [-0.2, 0) is 11.3 Å². The first-order valence-electron chi connectivity index (χ1n) is 7.96. The molecule has 0 bridgehead atoms. The van der Waals surface area contributed by atoms with E-state index in [-0.39, 0.29) is 30.1 Å². The van der Waals surface area contributed by atoms with Crippen molar-refractivity contribution >= 4 is 41.3 Å². The zero-order chi connectivity index (χ0) is 15.4. The van der Waals surface area contributed by atoms with Crippen LogP contribution in [0.4, 0.5) is 0 Å². The maximum Gasteiger partial charge on any atom is 0.191 e. The molecule has 6 nitrogen and oxygen atoms in total. The summed E-state index contributed by atoms with van der Waals surface area (Å²) in [4.78, 5) is 12.4. The predicted molar refractivity (Wildman–Crippen MR) is 105 cm³/mol. The molecule has 2 aliphatic rings. The molecule has 3 rings (SSSR count). The lowest BCUT2D eigenvalue weighted by Crippen LogP contribution is -2.51.